The zero-order valence-electron chi connectivity index (χ0n) is 26.8. The highest BCUT2D eigenvalue weighted by Crippen LogP contribution is 2.20. The second kappa shape index (κ2) is 16.1. The minimum atomic E-state index is -1.03. The average Bonchev–Trinajstić information content (AvgIpc) is 3.64. The van der Waals surface area contributed by atoms with Crippen LogP contribution in [-0.4, -0.2) is 82.1 Å². The quantitative estimate of drug-likeness (QED) is 0.171. The molecule has 1 fully saturated rings. The van der Waals surface area contributed by atoms with Crippen LogP contribution in [0.4, 0.5) is 0 Å². The molecule has 13 heteroatoms. The molecule has 1 aromatic carbocycles. The first-order valence-corrected chi connectivity index (χ1v) is 15.6. The van der Waals surface area contributed by atoms with Gasteiger partial charge in [0.15, 0.2) is 0 Å². The first-order valence-electron chi connectivity index (χ1n) is 15.6. The predicted octanol–water partition coefficient (Wildman–Crippen LogP) is 1.01. The molecule has 0 aliphatic carbocycles. The van der Waals surface area contributed by atoms with Gasteiger partial charge in [0.1, 0.15) is 30.2 Å². The summed E-state index contributed by atoms with van der Waals surface area (Å²) >= 11 is 0. The number of carbonyl (C=O) groups is 6. The van der Waals surface area contributed by atoms with Gasteiger partial charge in [0.25, 0.3) is 0 Å². The van der Waals surface area contributed by atoms with Crippen LogP contribution in [-0.2, 0) is 35.2 Å². The number of hydrogen-bond acceptors (Lipinski definition) is 6. The lowest BCUT2D eigenvalue weighted by Crippen LogP contribution is -2.58. The van der Waals surface area contributed by atoms with E-state index in [1.807, 2.05) is 45.0 Å². The van der Waals surface area contributed by atoms with Crippen LogP contribution >= 0.6 is 0 Å². The number of nitrogens with one attached hydrogen (secondary N) is 5. The minimum Gasteiger partial charge on any atom is -0.368 e. The van der Waals surface area contributed by atoms with Crippen LogP contribution in [0.1, 0.15) is 72.3 Å². The lowest BCUT2D eigenvalue weighted by atomic mass is 10.0. The SMILES string of the molecule is CCC[C@H](NC(=O)[C@H](C)NC(=O)[C@H](CC(C)C)NC(=O)[C@@H]1CCCN1C(C)=O)C(=O)N[C@@H](Cc1c[nH]c2ccccc12)C(N)=O. The number of para-hydroxylation sites is 1. The molecule has 1 aliphatic heterocycles. The van der Waals surface area contributed by atoms with Gasteiger partial charge in [-0.25, -0.2) is 0 Å². The maximum absolute atomic E-state index is 13.3. The highest BCUT2D eigenvalue weighted by Gasteiger charge is 2.35. The van der Waals surface area contributed by atoms with Crippen LogP contribution in [0.5, 0.6) is 0 Å². The Morgan fingerprint density at radius 1 is 0.933 bits per heavy atom. The van der Waals surface area contributed by atoms with Crippen molar-refractivity contribution in [2.75, 3.05) is 6.54 Å². The van der Waals surface area contributed by atoms with Crippen LogP contribution in [0.3, 0.4) is 0 Å². The van der Waals surface area contributed by atoms with E-state index < -0.39 is 59.7 Å². The Bertz CT molecular complexity index is 1390. The Balaban J connectivity index is 1.63. The van der Waals surface area contributed by atoms with Gasteiger partial charge < -0.3 is 36.9 Å². The standard InChI is InChI=1S/C32H47N7O6/c1-6-10-24(30(43)37-25(28(33)41)16-21-17-34-23-12-8-7-11-22(21)23)36-29(42)19(4)35-31(44)26(15-18(2)3)38-32(45)27-13-9-14-39(27)20(5)40/h7-8,11-12,17-19,24-27,34H,6,9-10,13-16H2,1-5H3,(H2,33,41)(H,35,44)(H,36,42)(H,37,43)(H,38,45)/t19-,24-,25-,26-,27-/m0/s1. The van der Waals surface area contributed by atoms with Gasteiger partial charge in [0.05, 0.1) is 0 Å². The van der Waals surface area contributed by atoms with Gasteiger partial charge in [-0.1, -0.05) is 45.4 Å². The van der Waals surface area contributed by atoms with E-state index in [9.17, 15) is 28.8 Å². The molecule has 7 N–H and O–H groups in total. The molecular weight excluding hydrogens is 578 g/mol. The number of primary amides is 1. The number of H-pyrrole nitrogens is 1. The summed E-state index contributed by atoms with van der Waals surface area (Å²) < 4.78 is 0. The van der Waals surface area contributed by atoms with Gasteiger partial charge >= 0.3 is 0 Å². The van der Waals surface area contributed by atoms with Crippen molar-refractivity contribution in [1.29, 1.82) is 0 Å². The minimum absolute atomic E-state index is 0.0535. The number of rotatable bonds is 15. The largest absolute Gasteiger partial charge is 0.368 e. The van der Waals surface area contributed by atoms with Crippen LogP contribution in [0.2, 0.25) is 0 Å². The van der Waals surface area contributed by atoms with Crippen LogP contribution in [0.25, 0.3) is 10.9 Å². The van der Waals surface area contributed by atoms with E-state index in [-0.39, 0.29) is 24.7 Å². The summed E-state index contributed by atoms with van der Waals surface area (Å²) in [5.74, 6) is -2.97. The molecule has 1 saturated heterocycles. The summed E-state index contributed by atoms with van der Waals surface area (Å²) in [4.78, 5) is 81.6. The molecule has 6 amide bonds. The van der Waals surface area contributed by atoms with E-state index in [1.54, 1.807) is 6.20 Å². The van der Waals surface area contributed by atoms with E-state index in [0.29, 0.717) is 32.2 Å². The van der Waals surface area contributed by atoms with Crippen molar-refractivity contribution in [1.82, 2.24) is 31.2 Å². The summed E-state index contributed by atoms with van der Waals surface area (Å²) in [5.41, 5.74) is 7.34. The summed E-state index contributed by atoms with van der Waals surface area (Å²) in [6, 6.07) is 3.00. The highest BCUT2D eigenvalue weighted by molar-refractivity contribution is 5.96. The smallest absolute Gasteiger partial charge is 0.243 e. The van der Waals surface area contributed by atoms with E-state index in [2.05, 4.69) is 26.3 Å². The summed E-state index contributed by atoms with van der Waals surface area (Å²) in [6.45, 7) is 9.05. The van der Waals surface area contributed by atoms with Crippen molar-refractivity contribution >= 4 is 46.3 Å². The van der Waals surface area contributed by atoms with Crippen molar-refractivity contribution in [3.63, 3.8) is 0 Å². The third-order valence-corrected chi connectivity index (χ3v) is 8.02. The third kappa shape index (κ3) is 9.53. The topological polar surface area (TPSA) is 196 Å². The van der Waals surface area contributed by atoms with Gasteiger partial charge in [0.2, 0.25) is 35.4 Å². The Labute approximate surface area is 263 Å². The van der Waals surface area contributed by atoms with Crippen LogP contribution in [0.15, 0.2) is 30.5 Å². The zero-order valence-corrected chi connectivity index (χ0v) is 26.8. The summed E-state index contributed by atoms with van der Waals surface area (Å²) in [5, 5.41) is 11.7. The maximum Gasteiger partial charge on any atom is 0.243 e. The second-order valence-corrected chi connectivity index (χ2v) is 12.2. The van der Waals surface area contributed by atoms with E-state index >= 15 is 0 Å². The Morgan fingerprint density at radius 3 is 2.24 bits per heavy atom. The maximum atomic E-state index is 13.3. The number of nitrogens with zero attached hydrogens (tertiary/aromatic N) is 1. The number of carbonyl (C=O) groups excluding carboxylic acids is 6. The lowest BCUT2D eigenvalue weighted by Gasteiger charge is -2.27. The number of aromatic amines is 1. The fourth-order valence-electron chi connectivity index (χ4n) is 5.64. The Morgan fingerprint density at radius 2 is 1.60 bits per heavy atom. The number of fused-ring (bicyclic) bond motifs is 1. The summed E-state index contributed by atoms with van der Waals surface area (Å²) in [6.07, 6.45) is 4.32. The first kappa shape index (κ1) is 35.1. The fraction of sp³-hybridized carbons (Fsp3) is 0.562. The molecule has 0 radical (unpaired) electrons. The van der Waals surface area contributed by atoms with Crippen LogP contribution < -0.4 is 27.0 Å². The first-order chi connectivity index (χ1) is 21.3. The van der Waals surface area contributed by atoms with E-state index in [4.69, 9.17) is 5.73 Å². The molecule has 0 saturated carbocycles. The Kier molecular flexibility index (Phi) is 12.5. The van der Waals surface area contributed by atoms with Gasteiger partial charge in [0, 0.05) is 37.0 Å². The van der Waals surface area contributed by atoms with Crippen molar-refractivity contribution in [3.05, 3.63) is 36.0 Å². The molecule has 13 nitrogen and oxygen atoms in total. The lowest BCUT2D eigenvalue weighted by molar-refractivity contribution is -0.138. The molecule has 5 atom stereocenters. The van der Waals surface area contributed by atoms with Gasteiger partial charge in [-0.3, -0.25) is 28.8 Å². The molecular formula is C32H47N7O6. The molecule has 0 spiro atoms. The number of likely N-dealkylation sites (tertiary alicyclic amines) is 1. The zero-order chi connectivity index (χ0) is 33.3. The third-order valence-electron chi connectivity index (χ3n) is 8.02. The fourth-order valence-corrected chi connectivity index (χ4v) is 5.64. The van der Waals surface area contributed by atoms with Crippen molar-refractivity contribution in [2.45, 2.75) is 103 Å². The molecule has 0 unspecified atom stereocenters. The van der Waals surface area contributed by atoms with Gasteiger partial charge in [-0.05, 0) is 50.2 Å². The molecule has 2 aromatic rings. The number of nitrogens with two attached hydrogens (primary N) is 1. The van der Waals surface area contributed by atoms with Gasteiger partial charge in [-0.2, -0.15) is 0 Å². The molecule has 45 heavy (non-hydrogen) atoms. The van der Waals surface area contributed by atoms with E-state index in [0.717, 1.165) is 16.5 Å². The number of benzene rings is 1. The molecule has 246 valence electrons. The van der Waals surface area contributed by atoms with Crippen molar-refractivity contribution in [2.24, 2.45) is 11.7 Å². The average molecular weight is 626 g/mol. The molecule has 3 rings (SSSR count). The van der Waals surface area contributed by atoms with Crippen molar-refractivity contribution < 1.29 is 28.8 Å². The Hall–Kier alpha value is -4.42. The molecule has 1 aromatic heterocycles. The van der Waals surface area contributed by atoms with Crippen LogP contribution in [0, 0.1) is 5.92 Å². The van der Waals surface area contributed by atoms with E-state index in [1.165, 1.54) is 18.7 Å². The monoisotopic (exact) mass is 625 g/mol. The van der Waals surface area contributed by atoms with Gasteiger partial charge in [-0.15, -0.1) is 0 Å². The molecule has 2 heterocycles. The summed E-state index contributed by atoms with van der Waals surface area (Å²) in [7, 11) is 0. The normalized spacial score (nSPS) is 17.3. The number of aromatic nitrogens is 1. The molecule has 1 aliphatic rings. The predicted molar refractivity (Wildman–Crippen MR) is 169 cm³/mol. The van der Waals surface area contributed by atoms with Crippen molar-refractivity contribution in [3.8, 4) is 0 Å². The highest BCUT2D eigenvalue weighted by atomic mass is 16.2. The number of hydrogen-bond donors (Lipinski definition) is 6. The second-order valence-electron chi connectivity index (χ2n) is 12.2. The molecule has 0 bridgehead atoms. The number of amides is 6.